The number of fused-ring (bicyclic) bond motifs is 1. The highest BCUT2D eigenvalue weighted by molar-refractivity contribution is 5.15. The Morgan fingerprint density at radius 2 is 2.15 bits per heavy atom. The molecule has 0 atom stereocenters. The highest BCUT2D eigenvalue weighted by Crippen LogP contribution is 2.16. The zero-order valence-electron chi connectivity index (χ0n) is 10.8. The number of halogens is 2. The second-order valence-electron chi connectivity index (χ2n) is 4.86. The first kappa shape index (κ1) is 13.0. The van der Waals surface area contributed by atoms with E-state index in [2.05, 4.69) is 10.1 Å². The molecule has 0 fully saturated rings. The molecule has 0 N–H and O–H groups in total. The van der Waals surface area contributed by atoms with Crippen LogP contribution in [-0.2, 0) is 19.5 Å². The van der Waals surface area contributed by atoms with Crippen molar-refractivity contribution in [3.8, 4) is 0 Å². The summed E-state index contributed by atoms with van der Waals surface area (Å²) in [6, 6.07) is 2.83. The van der Waals surface area contributed by atoms with Crippen molar-refractivity contribution in [2.45, 2.75) is 38.8 Å². The van der Waals surface area contributed by atoms with E-state index in [0.717, 1.165) is 25.1 Å². The molecule has 2 aromatic rings. The van der Waals surface area contributed by atoms with E-state index in [1.807, 2.05) is 0 Å². The van der Waals surface area contributed by atoms with Gasteiger partial charge in [-0.05, 0) is 24.5 Å². The van der Waals surface area contributed by atoms with Crippen LogP contribution in [0.5, 0.6) is 0 Å². The summed E-state index contributed by atoms with van der Waals surface area (Å²) in [5, 5.41) is 4.29. The quantitative estimate of drug-likeness (QED) is 0.861. The smallest absolute Gasteiger partial charge is 0.279 e. The van der Waals surface area contributed by atoms with E-state index >= 15 is 0 Å². The molecule has 3 rings (SSSR count). The second-order valence-corrected chi connectivity index (χ2v) is 4.86. The first-order valence-electron chi connectivity index (χ1n) is 6.54. The molecule has 0 unspecified atom stereocenters. The van der Waals surface area contributed by atoms with Crippen molar-refractivity contribution in [3.63, 3.8) is 0 Å². The first-order chi connectivity index (χ1) is 9.65. The van der Waals surface area contributed by atoms with Gasteiger partial charge in [0.15, 0.2) is 0 Å². The Labute approximate surface area is 113 Å². The maximum Gasteiger partial charge on any atom is 0.346 e. The van der Waals surface area contributed by atoms with Crippen molar-refractivity contribution in [3.05, 3.63) is 45.9 Å². The van der Waals surface area contributed by atoms with Gasteiger partial charge in [-0.3, -0.25) is 9.55 Å². The fraction of sp³-hybridized carbons (Fsp3) is 0.462. The maximum atomic E-state index is 12.4. The fourth-order valence-corrected chi connectivity index (χ4v) is 2.38. The van der Waals surface area contributed by atoms with Crippen LogP contribution >= 0.6 is 0 Å². The number of aromatic nitrogens is 4. The van der Waals surface area contributed by atoms with E-state index in [9.17, 15) is 13.6 Å². The van der Waals surface area contributed by atoms with Gasteiger partial charge in [-0.15, -0.1) is 0 Å². The van der Waals surface area contributed by atoms with Crippen LogP contribution < -0.4 is 5.69 Å². The number of rotatable bonds is 3. The Hall–Kier alpha value is -2.05. The molecule has 0 saturated carbocycles. The molecule has 20 heavy (non-hydrogen) atoms. The van der Waals surface area contributed by atoms with Crippen molar-refractivity contribution < 1.29 is 8.78 Å². The molecular weight excluding hydrogens is 266 g/mol. The third-order valence-electron chi connectivity index (χ3n) is 3.44. The van der Waals surface area contributed by atoms with Crippen molar-refractivity contribution in [1.82, 2.24) is 19.3 Å². The highest BCUT2D eigenvalue weighted by Gasteiger charge is 2.16. The molecule has 0 radical (unpaired) electrons. The Balaban J connectivity index is 1.84. The van der Waals surface area contributed by atoms with Crippen molar-refractivity contribution in [2.75, 3.05) is 0 Å². The molecule has 2 aromatic heterocycles. The lowest BCUT2D eigenvalue weighted by molar-refractivity contribution is 0.146. The number of hydrogen-bond donors (Lipinski definition) is 0. The minimum absolute atomic E-state index is 0.141. The van der Waals surface area contributed by atoms with Gasteiger partial charge in [-0.1, -0.05) is 6.07 Å². The van der Waals surface area contributed by atoms with E-state index in [4.69, 9.17) is 0 Å². The van der Waals surface area contributed by atoms with E-state index in [-0.39, 0.29) is 17.9 Å². The molecule has 0 spiro atoms. The summed E-state index contributed by atoms with van der Waals surface area (Å²) in [5.41, 5.74) is 0.287. The molecule has 5 nitrogen and oxygen atoms in total. The van der Waals surface area contributed by atoms with Gasteiger partial charge >= 0.3 is 5.69 Å². The number of alkyl halides is 2. The topological polar surface area (TPSA) is 52.7 Å². The normalized spacial score (nSPS) is 14.6. The van der Waals surface area contributed by atoms with Gasteiger partial charge in [0.25, 0.3) is 6.43 Å². The van der Waals surface area contributed by atoms with Gasteiger partial charge in [-0.25, -0.2) is 18.3 Å². The van der Waals surface area contributed by atoms with E-state index in [1.165, 1.54) is 16.9 Å². The van der Waals surface area contributed by atoms with E-state index in [0.29, 0.717) is 12.1 Å². The van der Waals surface area contributed by atoms with Gasteiger partial charge < -0.3 is 0 Å². The summed E-state index contributed by atoms with van der Waals surface area (Å²) in [4.78, 5) is 15.8. The molecule has 1 aliphatic rings. The molecule has 3 heterocycles. The lowest BCUT2D eigenvalue weighted by Crippen LogP contribution is -2.27. The van der Waals surface area contributed by atoms with Crippen molar-refractivity contribution in [1.29, 1.82) is 0 Å². The Bertz CT molecular complexity index is 660. The third kappa shape index (κ3) is 2.35. The number of aryl methyl sites for hydroxylation is 1. The average molecular weight is 280 g/mol. The predicted octanol–water partition coefficient (Wildman–Crippen LogP) is 1.76. The summed E-state index contributed by atoms with van der Waals surface area (Å²) in [7, 11) is 0. The van der Waals surface area contributed by atoms with E-state index in [1.54, 1.807) is 10.6 Å². The summed E-state index contributed by atoms with van der Waals surface area (Å²) in [6.45, 7) is 0.964. The summed E-state index contributed by atoms with van der Waals surface area (Å²) in [6.07, 6.45) is 1.63. The fourth-order valence-electron chi connectivity index (χ4n) is 2.38. The van der Waals surface area contributed by atoms with Gasteiger partial charge in [0.05, 0.1) is 6.54 Å². The monoisotopic (exact) mass is 280 g/mol. The zero-order chi connectivity index (χ0) is 14.1. The molecule has 106 valence electrons. The Morgan fingerprint density at radius 1 is 1.30 bits per heavy atom. The van der Waals surface area contributed by atoms with Gasteiger partial charge in [0.2, 0.25) is 0 Å². The van der Waals surface area contributed by atoms with Gasteiger partial charge in [-0.2, -0.15) is 5.10 Å². The summed E-state index contributed by atoms with van der Waals surface area (Å²) < 4.78 is 27.9. The summed E-state index contributed by atoms with van der Waals surface area (Å²) >= 11 is 0. The number of hydrogen-bond acceptors (Lipinski definition) is 3. The van der Waals surface area contributed by atoms with Crippen LogP contribution in [0.4, 0.5) is 8.78 Å². The zero-order valence-corrected chi connectivity index (χ0v) is 10.8. The molecule has 7 heteroatoms. The molecular formula is C13H14F2N4O. The van der Waals surface area contributed by atoms with Crippen LogP contribution in [0, 0.1) is 0 Å². The standard InChI is InChI=1S/C13H14F2N4O/c14-12(15)10-5-4-9(7-16-10)8-19-13(20)18-6-2-1-3-11(18)17-19/h4-5,7,12H,1-3,6,8H2. The number of nitrogens with zero attached hydrogens (tertiary/aromatic N) is 4. The third-order valence-corrected chi connectivity index (χ3v) is 3.44. The minimum atomic E-state index is -2.58. The highest BCUT2D eigenvalue weighted by atomic mass is 19.3. The lowest BCUT2D eigenvalue weighted by Gasteiger charge is -2.09. The summed E-state index contributed by atoms with van der Waals surface area (Å²) in [5.74, 6) is 0.804. The maximum absolute atomic E-state index is 12.4. The lowest BCUT2D eigenvalue weighted by atomic mass is 10.2. The van der Waals surface area contributed by atoms with Crippen LogP contribution in [-0.4, -0.2) is 19.3 Å². The van der Waals surface area contributed by atoms with Crippen molar-refractivity contribution >= 4 is 0 Å². The van der Waals surface area contributed by atoms with Crippen LogP contribution in [0.3, 0.4) is 0 Å². The average Bonchev–Trinajstić information content (AvgIpc) is 2.77. The number of pyridine rings is 1. The molecule has 0 aliphatic carbocycles. The molecule has 0 aromatic carbocycles. The first-order valence-corrected chi connectivity index (χ1v) is 6.54. The SMILES string of the molecule is O=c1n(Cc2ccc(C(F)F)nc2)nc2n1CCCC2. The van der Waals surface area contributed by atoms with Gasteiger partial charge in [0.1, 0.15) is 11.5 Å². The van der Waals surface area contributed by atoms with Crippen LogP contribution in [0.25, 0.3) is 0 Å². The van der Waals surface area contributed by atoms with Crippen LogP contribution in [0.15, 0.2) is 23.1 Å². The van der Waals surface area contributed by atoms with Crippen LogP contribution in [0.2, 0.25) is 0 Å². The largest absolute Gasteiger partial charge is 0.346 e. The predicted molar refractivity (Wildman–Crippen MR) is 67.7 cm³/mol. The Kier molecular flexibility index (Phi) is 3.33. The molecule has 1 aliphatic heterocycles. The van der Waals surface area contributed by atoms with Gasteiger partial charge in [0, 0.05) is 19.2 Å². The minimum Gasteiger partial charge on any atom is -0.279 e. The second kappa shape index (κ2) is 5.15. The van der Waals surface area contributed by atoms with E-state index < -0.39 is 6.43 Å². The van der Waals surface area contributed by atoms with Crippen molar-refractivity contribution in [2.24, 2.45) is 0 Å². The molecule has 0 bridgehead atoms. The Morgan fingerprint density at radius 3 is 2.80 bits per heavy atom. The van der Waals surface area contributed by atoms with Crippen LogP contribution in [0.1, 0.15) is 36.3 Å². The molecule has 0 saturated heterocycles. The molecule has 0 amide bonds.